The molecule has 0 bridgehead atoms. The van der Waals surface area contributed by atoms with Gasteiger partial charge in [-0.1, -0.05) is 0 Å². The van der Waals surface area contributed by atoms with Gasteiger partial charge in [-0.3, -0.25) is 9.59 Å². The maximum Gasteiger partial charge on any atom is 0.352 e. The molecule has 2 aliphatic heterocycles. The number of carboxylic acid groups (broad SMARTS) is 1. The highest BCUT2D eigenvalue weighted by atomic mass is 16.4. The van der Waals surface area contributed by atoms with Gasteiger partial charge in [-0.25, -0.2) is 9.80 Å². The van der Waals surface area contributed by atoms with Gasteiger partial charge in [-0.2, -0.15) is 5.10 Å². The zero-order chi connectivity index (χ0) is 13.1. The summed E-state index contributed by atoms with van der Waals surface area (Å²) < 4.78 is 0. The van der Waals surface area contributed by atoms with Crippen LogP contribution in [0.1, 0.15) is 25.7 Å². The molecule has 0 radical (unpaired) electrons. The SMILES string of the molecule is O=C(O)C1=NN(CC(=O)N2CCCC2)C(=O)CC1. The zero-order valence-electron chi connectivity index (χ0n) is 9.96. The first-order chi connectivity index (χ1) is 8.58. The van der Waals surface area contributed by atoms with Crippen molar-refractivity contribution in [2.75, 3.05) is 19.6 Å². The Morgan fingerprint density at radius 2 is 1.89 bits per heavy atom. The highest BCUT2D eigenvalue weighted by molar-refractivity contribution is 6.36. The van der Waals surface area contributed by atoms with E-state index < -0.39 is 5.97 Å². The predicted molar refractivity (Wildman–Crippen MR) is 61.8 cm³/mol. The molecule has 98 valence electrons. The molecular weight excluding hydrogens is 238 g/mol. The molecule has 7 nitrogen and oxygen atoms in total. The number of carbonyl (C=O) groups excluding carboxylic acids is 2. The highest BCUT2D eigenvalue weighted by Gasteiger charge is 2.27. The van der Waals surface area contributed by atoms with Gasteiger partial charge >= 0.3 is 5.97 Å². The summed E-state index contributed by atoms with van der Waals surface area (Å²) in [5.41, 5.74) is -0.0659. The number of carbonyl (C=O) groups is 3. The van der Waals surface area contributed by atoms with Gasteiger partial charge in [0.05, 0.1) is 0 Å². The number of nitrogens with zero attached hydrogens (tertiary/aromatic N) is 3. The van der Waals surface area contributed by atoms with Crippen LogP contribution in [0.15, 0.2) is 5.10 Å². The van der Waals surface area contributed by atoms with Crippen LogP contribution in [-0.2, 0) is 14.4 Å². The molecule has 1 N–H and O–H groups in total. The Hall–Kier alpha value is -1.92. The number of carboxylic acids is 1. The molecule has 0 aliphatic carbocycles. The predicted octanol–water partition coefficient (Wildman–Crippen LogP) is -0.328. The van der Waals surface area contributed by atoms with E-state index in [0.717, 1.165) is 17.9 Å². The first kappa shape index (κ1) is 12.5. The highest BCUT2D eigenvalue weighted by Crippen LogP contribution is 2.12. The first-order valence-corrected chi connectivity index (χ1v) is 5.97. The van der Waals surface area contributed by atoms with Crippen LogP contribution in [0.4, 0.5) is 0 Å². The fourth-order valence-electron chi connectivity index (χ4n) is 2.07. The number of aliphatic carboxylic acids is 1. The Morgan fingerprint density at radius 3 is 2.50 bits per heavy atom. The molecule has 2 amide bonds. The summed E-state index contributed by atoms with van der Waals surface area (Å²) in [6, 6.07) is 0. The third-order valence-corrected chi connectivity index (χ3v) is 3.10. The van der Waals surface area contributed by atoms with Crippen molar-refractivity contribution in [1.82, 2.24) is 9.91 Å². The number of hydrogen-bond donors (Lipinski definition) is 1. The average molecular weight is 253 g/mol. The van der Waals surface area contributed by atoms with Crippen molar-refractivity contribution in [1.29, 1.82) is 0 Å². The third-order valence-electron chi connectivity index (χ3n) is 3.10. The number of hydrazone groups is 1. The fourth-order valence-corrected chi connectivity index (χ4v) is 2.07. The van der Waals surface area contributed by atoms with Crippen molar-refractivity contribution in [2.45, 2.75) is 25.7 Å². The Kier molecular flexibility index (Phi) is 3.59. The third kappa shape index (κ3) is 2.66. The van der Waals surface area contributed by atoms with Gasteiger partial charge in [-0.15, -0.1) is 0 Å². The molecule has 0 unspecified atom stereocenters. The Labute approximate surface area is 104 Å². The van der Waals surface area contributed by atoms with Crippen LogP contribution in [0.5, 0.6) is 0 Å². The van der Waals surface area contributed by atoms with Crippen LogP contribution in [0.3, 0.4) is 0 Å². The zero-order valence-corrected chi connectivity index (χ0v) is 9.96. The van der Waals surface area contributed by atoms with E-state index in [-0.39, 0.29) is 36.9 Å². The number of hydrogen-bond acceptors (Lipinski definition) is 4. The first-order valence-electron chi connectivity index (χ1n) is 5.97. The van der Waals surface area contributed by atoms with Gasteiger partial charge in [-0.05, 0) is 12.8 Å². The minimum Gasteiger partial charge on any atom is -0.477 e. The maximum absolute atomic E-state index is 11.9. The standard InChI is InChI=1S/C11H15N3O4/c15-9-4-3-8(11(17)18)12-14(9)7-10(16)13-5-1-2-6-13/h1-7H2,(H,17,18). The molecule has 0 spiro atoms. The van der Waals surface area contributed by atoms with Crippen LogP contribution < -0.4 is 0 Å². The van der Waals surface area contributed by atoms with Crippen molar-refractivity contribution < 1.29 is 19.5 Å². The summed E-state index contributed by atoms with van der Waals surface area (Å²) in [6.45, 7) is 1.25. The molecule has 0 aromatic rings. The summed E-state index contributed by atoms with van der Waals surface area (Å²) in [5, 5.41) is 13.5. The van der Waals surface area contributed by atoms with Crippen LogP contribution in [0.25, 0.3) is 0 Å². The molecule has 2 aliphatic rings. The second-order valence-corrected chi connectivity index (χ2v) is 4.39. The van der Waals surface area contributed by atoms with E-state index in [4.69, 9.17) is 5.11 Å². The van der Waals surface area contributed by atoms with Crippen LogP contribution >= 0.6 is 0 Å². The van der Waals surface area contributed by atoms with Gasteiger partial charge in [0.1, 0.15) is 12.3 Å². The van der Waals surface area contributed by atoms with Gasteiger partial charge in [0, 0.05) is 25.9 Å². The quantitative estimate of drug-likeness (QED) is 0.745. The molecule has 0 aromatic carbocycles. The number of likely N-dealkylation sites (tertiary alicyclic amines) is 1. The van der Waals surface area contributed by atoms with Crippen molar-refractivity contribution in [2.24, 2.45) is 5.10 Å². The Bertz CT molecular complexity index is 413. The fraction of sp³-hybridized carbons (Fsp3) is 0.636. The molecule has 2 heterocycles. The van der Waals surface area contributed by atoms with E-state index in [1.54, 1.807) is 4.90 Å². The largest absolute Gasteiger partial charge is 0.477 e. The molecule has 0 atom stereocenters. The van der Waals surface area contributed by atoms with Gasteiger partial charge in [0.25, 0.3) is 0 Å². The van der Waals surface area contributed by atoms with E-state index in [1.165, 1.54) is 0 Å². The maximum atomic E-state index is 11.9. The summed E-state index contributed by atoms with van der Waals surface area (Å²) in [7, 11) is 0. The number of rotatable bonds is 3. The molecule has 1 fully saturated rings. The van der Waals surface area contributed by atoms with E-state index in [0.29, 0.717) is 13.1 Å². The topological polar surface area (TPSA) is 90.3 Å². The van der Waals surface area contributed by atoms with Crippen molar-refractivity contribution in [3.05, 3.63) is 0 Å². The summed E-state index contributed by atoms with van der Waals surface area (Å²) in [5.74, 6) is -1.61. The average Bonchev–Trinajstić information content (AvgIpc) is 2.85. The summed E-state index contributed by atoms with van der Waals surface area (Å²) in [4.78, 5) is 35.9. The second kappa shape index (κ2) is 5.16. The lowest BCUT2D eigenvalue weighted by atomic mass is 10.2. The lowest BCUT2D eigenvalue weighted by molar-refractivity contribution is -0.140. The van der Waals surface area contributed by atoms with Crippen molar-refractivity contribution >= 4 is 23.5 Å². The molecule has 1 saturated heterocycles. The molecule has 2 rings (SSSR count). The molecule has 7 heteroatoms. The van der Waals surface area contributed by atoms with Crippen LogP contribution in [-0.4, -0.2) is 58.1 Å². The van der Waals surface area contributed by atoms with E-state index in [9.17, 15) is 14.4 Å². The van der Waals surface area contributed by atoms with Gasteiger partial charge in [0.2, 0.25) is 11.8 Å². The monoisotopic (exact) mass is 253 g/mol. The van der Waals surface area contributed by atoms with E-state index in [1.807, 2.05) is 0 Å². The van der Waals surface area contributed by atoms with Crippen molar-refractivity contribution in [3.63, 3.8) is 0 Å². The minimum atomic E-state index is -1.14. The molecule has 0 aromatic heterocycles. The summed E-state index contributed by atoms with van der Waals surface area (Å²) in [6.07, 6.45) is 2.17. The normalized spacial score (nSPS) is 20.0. The van der Waals surface area contributed by atoms with Crippen LogP contribution in [0.2, 0.25) is 0 Å². The molecular formula is C11H15N3O4. The van der Waals surface area contributed by atoms with Crippen molar-refractivity contribution in [3.8, 4) is 0 Å². The van der Waals surface area contributed by atoms with Gasteiger partial charge in [0.15, 0.2) is 0 Å². The molecule has 0 saturated carbocycles. The lowest BCUT2D eigenvalue weighted by Gasteiger charge is -2.24. The molecule has 18 heavy (non-hydrogen) atoms. The Balaban J connectivity index is 2.02. The smallest absolute Gasteiger partial charge is 0.352 e. The summed E-state index contributed by atoms with van der Waals surface area (Å²) >= 11 is 0. The second-order valence-electron chi connectivity index (χ2n) is 4.39. The van der Waals surface area contributed by atoms with E-state index >= 15 is 0 Å². The lowest BCUT2D eigenvalue weighted by Crippen LogP contribution is -2.42. The van der Waals surface area contributed by atoms with Crippen LogP contribution in [0, 0.1) is 0 Å². The Morgan fingerprint density at radius 1 is 1.22 bits per heavy atom. The van der Waals surface area contributed by atoms with Gasteiger partial charge < -0.3 is 10.0 Å². The van der Waals surface area contributed by atoms with E-state index in [2.05, 4.69) is 5.10 Å². The minimum absolute atomic E-state index is 0.0659. The number of amides is 2.